The van der Waals surface area contributed by atoms with E-state index in [1.165, 1.54) is 51.7 Å². The van der Waals surface area contributed by atoms with Crippen molar-refractivity contribution >= 4 is 81.4 Å². The molecular formula is C61H80N12O13. The van der Waals surface area contributed by atoms with Crippen molar-refractivity contribution < 1.29 is 62.5 Å². The van der Waals surface area contributed by atoms with Crippen molar-refractivity contribution in [3.63, 3.8) is 0 Å². The maximum absolute atomic E-state index is 14.7. The third-order valence-corrected chi connectivity index (χ3v) is 16.0. The van der Waals surface area contributed by atoms with Crippen molar-refractivity contribution in [2.24, 2.45) is 11.8 Å². The number of likely N-dealkylation sites (N-methyl/N-ethyl adjacent to an activating group) is 4. The predicted molar refractivity (Wildman–Crippen MR) is 316 cm³/mol. The van der Waals surface area contributed by atoms with Gasteiger partial charge in [0.2, 0.25) is 41.9 Å². The Kier molecular flexibility index (Phi) is 22.3. The molecule has 4 aromatic rings. The number of benzene rings is 2. The summed E-state index contributed by atoms with van der Waals surface area (Å²) in [5, 5.41) is 23.6. The van der Waals surface area contributed by atoms with Gasteiger partial charge in [-0.3, -0.25) is 48.1 Å². The first-order valence-corrected chi connectivity index (χ1v) is 29.0. The van der Waals surface area contributed by atoms with Gasteiger partial charge in [0.25, 0.3) is 11.8 Å². The van der Waals surface area contributed by atoms with Crippen LogP contribution in [-0.2, 0) is 47.8 Å². The lowest BCUT2D eigenvalue weighted by Gasteiger charge is -2.43. The molecule has 25 heteroatoms. The molecule has 2 bridgehead atoms. The van der Waals surface area contributed by atoms with Gasteiger partial charge in [-0.25, -0.2) is 14.8 Å². The number of fused-ring (bicyclic) bond motifs is 4. The van der Waals surface area contributed by atoms with E-state index >= 15 is 0 Å². The first kappa shape index (κ1) is 65.0. The fourth-order valence-electron chi connectivity index (χ4n) is 11.1. The SMILES string of the molecule is CC(C)[C@@H](C(=O)OC[C@@H](NC(=O)c1ccc2ccccc2n1)C(=O)N1CCCC[C@H]1C)N(C)C(=O)CN(C)C(O)CNC(=O)[C@@H]1CCC2=C([C@H](C(C)C)N(C)C(=O)CN(C)C(=O)CNC=O)OCC(NC(=O)c3ccc4ccccc4n3)C(=O)N1C2. The molecule has 2 aromatic carbocycles. The van der Waals surface area contributed by atoms with Crippen LogP contribution in [0.25, 0.3) is 21.8 Å². The molecule has 0 spiro atoms. The van der Waals surface area contributed by atoms with Crippen molar-refractivity contribution in [3.05, 3.63) is 95.5 Å². The topological polar surface area (TPSA) is 303 Å². The Morgan fingerprint density at radius 3 is 2.03 bits per heavy atom. The number of nitrogens with zero attached hydrogens (tertiary/aromatic N) is 8. The second-order valence-corrected chi connectivity index (χ2v) is 22.9. The summed E-state index contributed by atoms with van der Waals surface area (Å²) in [6, 6.07) is 15.3. The molecule has 2 fully saturated rings. The summed E-state index contributed by atoms with van der Waals surface area (Å²) in [6.07, 6.45) is 1.71. The molecule has 2 saturated heterocycles. The molecule has 0 aliphatic carbocycles. The number of rotatable bonds is 24. The van der Waals surface area contributed by atoms with E-state index in [1.807, 2.05) is 45.0 Å². The fraction of sp³-hybridized carbons (Fsp3) is 0.508. The number of amides is 9. The average molecular weight is 1190 g/mol. The number of carbonyl (C=O) groups excluding carboxylic acids is 10. The highest BCUT2D eigenvalue weighted by atomic mass is 16.5. The second kappa shape index (κ2) is 29.5. The smallest absolute Gasteiger partial charge is 0.329 e. The highest BCUT2D eigenvalue weighted by molar-refractivity contribution is 6.00. The van der Waals surface area contributed by atoms with Crippen LogP contribution in [0.3, 0.4) is 0 Å². The monoisotopic (exact) mass is 1190 g/mol. The van der Waals surface area contributed by atoms with Crippen LogP contribution in [0.1, 0.15) is 87.7 Å². The number of hydrogen-bond donors (Lipinski definition) is 5. The molecule has 0 saturated carbocycles. The maximum Gasteiger partial charge on any atom is 0.329 e. The fourth-order valence-corrected chi connectivity index (χ4v) is 11.1. The van der Waals surface area contributed by atoms with Crippen LogP contribution in [0, 0.1) is 11.8 Å². The standard InChI is InChI=1S/C61H80N12O13/c1-36(2)53(70(8)51(77)31-68(6)49(75)28-62-35-74)55-41-23-26-48(73(30-41)60(83)46(33-85-55)66-56(79)44-24-21-39-17-10-12-19-42(39)64-44)58(81)63-29-50(76)69(7)32-52(78)71(9)54(37(3)4)61(84)86-34-47(59(82)72-27-15-14-16-38(72)5)67-57(80)45-25-22-40-18-11-13-20-43(40)65-45/h10-13,17-22,24-25,35-38,46-48,50,53-54,76H,14-16,23,26-34H2,1-9H3,(H,62,74)(H,63,81)(H,66,79)(H,67,80)/t38-,46?,47-,48+,50?,53+,54+/m1/s1. The summed E-state index contributed by atoms with van der Waals surface area (Å²) in [5.74, 6) is -5.82. The highest BCUT2D eigenvalue weighted by Gasteiger charge is 2.44. The first-order valence-electron chi connectivity index (χ1n) is 29.0. The van der Waals surface area contributed by atoms with Gasteiger partial charge in [-0.2, -0.15) is 0 Å². The molecule has 0 radical (unpaired) electrons. The average Bonchev–Trinajstić information content (AvgIpc) is 1.19. The number of piperidine rings is 2. The summed E-state index contributed by atoms with van der Waals surface area (Å²) >= 11 is 0. The Balaban J connectivity index is 1.02. The van der Waals surface area contributed by atoms with E-state index in [1.54, 1.807) is 68.3 Å². The zero-order chi connectivity index (χ0) is 62.5. The lowest BCUT2D eigenvalue weighted by atomic mass is 9.89. The van der Waals surface area contributed by atoms with Crippen molar-refractivity contribution in [2.75, 3.05) is 80.7 Å². The Bertz CT molecular complexity index is 3210. The molecule has 2 aromatic heterocycles. The van der Waals surface area contributed by atoms with Gasteiger partial charge in [-0.05, 0) is 87.7 Å². The van der Waals surface area contributed by atoms with Crippen LogP contribution in [0.2, 0.25) is 0 Å². The summed E-state index contributed by atoms with van der Waals surface area (Å²) in [7, 11) is 5.86. The number of aliphatic hydroxyl groups excluding tert-OH is 1. The van der Waals surface area contributed by atoms with Crippen LogP contribution >= 0.6 is 0 Å². The van der Waals surface area contributed by atoms with Crippen molar-refractivity contribution in [2.45, 2.75) is 109 Å². The van der Waals surface area contributed by atoms with E-state index in [0.29, 0.717) is 35.3 Å². The minimum Gasteiger partial charge on any atom is -0.493 e. The van der Waals surface area contributed by atoms with Crippen molar-refractivity contribution in [3.8, 4) is 0 Å². The molecule has 86 heavy (non-hydrogen) atoms. The van der Waals surface area contributed by atoms with E-state index in [0.717, 1.165) is 30.0 Å². The van der Waals surface area contributed by atoms with Crippen LogP contribution in [0.15, 0.2) is 84.1 Å². The van der Waals surface area contributed by atoms with E-state index in [-0.39, 0.29) is 55.8 Å². The van der Waals surface area contributed by atoms with Gasteiger partial charge in [0, 0.05) is 51.0 Å². The number of pyridine rings is 2. The molecule has 3 aliphatic rings. The van der Waals surface area contributed by atoms with E-state index in [9.17, 15) is 53.1 Å². The van der Waals surface area contributed by atoms with Crippen LogP contribution in [0.5, 0.6) is 0 Å². The number of hydrogen-bond acceptors (Lipinski definition) is 16. The molecule has 5 heterocycles. The predicted octanol–water partition coefficient (Wildman–Crippen LogP) is 1.44. The van der Waals surface area contributed by atoms with Crippen molar-refractivity contribution in [1.29, 1.82) is 0 Å². The highest BCUT2D eigenvalue weighted by Crippen LogP contribution is 2.33. The Morgan fingerprint density at radius 2 is 1.42 bits per heavy atom. The van der Waals surface area contributed by atoms with Gasteiger partial charge in [-0.15, -0.1) is 0 Å². The molecule has 7 rings (SSSR count). The summed E-state index contributed by atoms with van der Waals surface area (Å²) in [6.45, 7) is 7.04. The van der Waals surface area contributed by atoms with Gasteiger partial charge in [-0.1, -0.05) is 76.2 Å². The Morgan fingerprint density at radius 1 is 0.791 bits per heavy atom. The lowest BCUT2D eigenvalue weighted by Crippen LogP contribution is -2.61. The minimum atomic E-state index is -1.45. The molecule has 5 N–H and O–H groups in total. The molecule has 7 atom stereocenters. The van der Waals surface area contributed by atoms with E-state index < -0.39 is 122 Å². The normalized spacial score (nSPS) is 18.4. The van der Waals surface area contributed by atoms with Gasteiger partial charge in [0.1, 0.15) is 60.8 Å². The maximum atomic E-state index is 14.7. The molecule has 462 valence electrons. The number of ether oxygens (including phenoxy) is 2. The van der Waals surface area contributed by atoms with E-state index in [4.69, 9.17) is 9.47 Å². The van der Waals surface area contributed by atoms with Gasteiger partial charge in [0.15, 0.2) is 0 Å². The summed E-state index contributed by atoms with van der Waals surface area (Å²) < 4.78 is 12.3. The Hall–Kier alpha value is -8.58. The third kappa shape index (κ3) is 15.8. The van der Waals surface area contributed by atoms with Crippen LogP contribution < -0.4 is 21.3 Å². The molecular weight excluding hydrogens is 1110 g/mol. The largest absolute Gasteiger partial charge is 0.493 e. The number of esters is 1. The number of aromatic nitrogens is 2. The van der Waals surface area contributed by atoms with Gasteiger partial charge < -0.3 is 60.3 Å². The van der Waals surface area contributed by atoms with Crippen LogP contribution in [-0.4, -0.2) is 227 Å². The number of likely N-dealkylation sites (tertiary alicyclic amines) is 1. The second-order valence-electron chi connectivity index (χ2n) is 22.9. The lowest BCUT2D eigenvalue weighted by molar-refractivity contribution is -0.158. The summed E-state index contributed by atoms with van der Waals surface area (Å²) in [4.78, 5) is 153. The molecule has 3 aliphatic heterocycles. The molecule has 25 nitrogen and oxygen atoms in total. The van der Waals surface area contributed by atoms with Crippen LogP contribution in [0.4, 0.5) is 0 Å². The molecule has 2 unspecified atom stereocenters. The van der Waals surface area contributed by atoms with Gasteiger partial charge in [0.05, 0.1) is 43.3 Å². The Labute approximate surface area is 500 Å². The molecule has 9 amide bonds. The first-order chi connectivity index (χ1) is 41.0. The number of para-hydroxylation sites is 2. The number of aliphatic hydroxyl groups is 1. The van der Waals surface area contributed by atoms with Gasteiger partial charge >= 0.3 is 5.97 Å². The number of nitrogens with one attached hydrogen (secondary N) is 4. The van der Waals surface area contributed by atoms with Crippen molar-refractivity contribution in [1.82, 2.24) is 60.6 Å². The quantitative estimate of drug-likeness (QED) is 0.0377. The summed E-state index contributed by atoms with van der Waals surface area (Å²) in [5.41, 5.74) is 1.84. The van der Waals surface area contributed by atoms with E-state index in [2.05, 4.69) is 31.2 Å². The zero-order valence-electron chi connectivity index (χ0n) is 50.3. The third-order valence-electron chi connectivity index (χ3n) is 16.0. The zero-order valence-corrected chi connectivity index (χ0v) is 50.3. The minimum absolute atomic E-state index is 0.0237. The number of carbonyl (C=O) groups is 10.